The summed E-state index contributed by atoms with van der Waals surface area (Å²) in [6.07, 6.45) is 4.70. The minimum absolute atomic E-state index is 0.331. The molecule has 11 heavy (non-hydrogen) atoms. The Kier molecular flexibility index (Phi) is 3.96. The summed E-state index contributed by atoms with van der Waals surface area (Å²) >= 11 is 0. The van der Waals surface area contributed by atoms with E-state index in [2.05, 4.69) is 37.0 Å². The maximum Gasteiger partial charge on any atom is 0.129 e. The third-order valence-electron chi connectivity index (χ3n) is 0.925. The van der Waals surface area contributed by atoms with Crippen molar-refractivity contribution in [2.75, 3.05) is 0 Å². The lowest BCUT2D eigenvalue weighted by Gasteiger charge is -2.04. The Hall–Kier alpha value is -0.703. The van der Waals surface area contributed by atoms with Crippen molar-refractivity contribution in [3.63, 3.8) is 0 Å². The summed E-state index contributed by atoms with van der Waals surface area (Å²) < 4.78 is 0. The zero-order valence-corrected chi connectivity index (χ0v) is 8.31. The minimum atomic E-state index is -1.34. The monoisotopic (exact) mass is 166 g/mol. The lowest BCUT2D eigenvalue weighted by atomic mass is 10.3. The van der Waals surface area contributed by atoms with Crippen LogP contribution in [-0.4, -0.2) is 19.3 Å². The van der Waals surface area contributed by atoms with Crippen molar-refractivity contribution in [3.05, 3.63) is 0 Å². The van der Waals surface area contributed by atoms with Crippen LogP contribution in [0.4, 0.5) is 0 Å². The quantitative estimate of drug-likeness (QED) is 0.459. The second kappa shape index (κ2) is 4.23. The van der Waals surface area contributed by atoms with Gasteiger partial charge >= 0.3 is 0 Å². The average molecular weight is 166 g/mol. The van der Waals surface area contributed by atoms with E-state index in [4.69, 9.17) is 11.5 Å². The molecule has 1 atom stereocenters. The molecular formula is C9H14OSi. The van der Waals surface area contributed by atoms with Crippen molar-refractivity contribution < 1.29 is 5.11 Å². The lowest BCUT2D eigenvalue weighted by Crippen LogP contribution is -2.17. The molecule has 0 aliphatic heterocycles. The molecule has 0 heterocycles. The maximum atomic E-state index is 9.12. The third kappa shape index (κ3) is 7.19. The van der Waals surface area contributed by atoms with Gasteiger partial charge in [0.1, 0.15) is 14.2 Å². The molecule has 0 spiro atoms. The molecule has 0 saturated carbocycles. The highest BCUT2D eigenvalue weighted by atomic mass is 28.3. The van der Waals surface area contributed by atoms with Crippen LogP contribution < -0.4 is 0 Å². The van der Waals surface area contributed by atoms with Crippen molar-refractivity contribution in [1.82, 2.24) is 0 Å². The summed E-state index contributed by atoms with van der Waals surface area (Å²) in [5.74, 6) is 5.11. The van der Waals surface area contributed by atoms with Gasteiger partial charge in [0.05, 0.1) is 0 Å². The summed E-state index contributed by atoms with van der Waals surface area (Å²) in [5.41, 5.74) is 3.05. The van der Waals surface area contributed by atoms with E-state index in [1.54, 1.807) is 0 Å². The first-order valence-corrected chi connectivity index (χ1v) is 7.10. The molecule has 0 aromatic rings. The van der Waals surface area contributed by atoms with Crippen molar-refractivity contribution in [2.24, 2.45) is 0 Å². The highest BCUT2D eigenvalue weighted by molar-refractivity contribution is 6.83. The van der Waals surface area contributed by atoms with Gasteiger partial charge in [-0.25, -0.2) is 0 Å². The molecule has 0 amide bonds. The first kappa shape index (κ1) is 10.3. The van der Waals surface area contributed by atoms with Gasteiger partial charge in [0.25, 0.3) is 0 Å². The van der Waals surface area contributed by atoms with Crippen molar-refractivity contribution in [2.45, 2.75) is 32.2 Å². The fraction of sp³-hybridized carbons (Fsp3) is 0.556. The fourth-order valence-electron chi connectivity index (χ4n) is 0.462. The molecule has 0 aliphatic rings. The van der Waals surface area contributed by atoms with E-state index in [0.29, 0.717) is 6.42 Å². The molecule has 1 nitrogen and oxygen atoms in total. The van der Waals surface area contributed by atoms with E-state index in [1.165, 1.54) is 0 Å². The zero-order valence-electron chi connectivity index (χ0n) is 7.31. The van der Waals surface area contributed by atoms with E-state index in [1.807, 2.05) is 0 Å². The summed E-state index contributed by atoms with van der Waals surface area (Å²) in [7, 11) is -1.34. The molecular weight excluding hydrogens is 152 g/mol. The predicted octanol–water partition coefficient (Wildman–Crippen LogP) is 1.25. The van der Waals surface area contributed by atoms with Gasteiger partial charge in [0.2, 0.25) is 0 Å². The van der Waals surface area contributed by atoms with Crippen LogP contribution >= 0.6 is 0 Å². The van der Waals surface area contributed by atoms with Gasteiger partial charge in [-0.2, -0.15) is 0 Å². The molecule has 0 bridgehead atoms. The fourth-order valence-corrected chi connectivity index (χ4v) is 1.06. The normalized spacial score (nSPS) is 12.6. The summed E-state index contributed by atoms with van der Waals surface area (Å²) in [5, 5.41) is 9.12. The summed E-state index contributed by atoms with van der Waals surface area (Å²) in [6.45, 7) is 6.38. The molecule has 0 rings (SSSR count). The van der Waals surface area contributed by atoms with Gasteiger partial charge in [-0.1, -0.05) is 25.6 Å². The molecule has 0 aromatic heterocycles. The molecule has 0 aliphatic carbocycles. The zero-order chi connectivity index (χ0) is 8.91. The molecule has 0 aromatic carbocycles. The predicted molar refractivity (Wildman–Crippen MR) is 50.6 cm³/mol. The SMILES string of the molecule is C#CC[C@H](O)C#C[Si](C)(C)C. The third-order valence-corrected chi connectivity index (χ3v) is 1.82. The Labute approximate surface area is 69.8 Å². The van der Waals surface area contributed by atoms with Gasteiger partial charge in [-0.15, -0.1) is 17.9 Å². The van der Waals surface area contributed by atoms with Crippen molar-refractivity contribution in [1.29, 1.82) is 0 Å². The number of hydrogen-bond donors (Lipinski definition) is 1. The molecule has 0 unspecified atom stereocenters. The van der Waals surface area contributed by atoms with Crippen molar-refractivity contribution >= 4 is 8.07 Å². The maximum absolute atomic E-state index is 9.12. The van der Waals surface area contributed by atoms with Gasteiger partial charge in [-0.05, 0) is 0 Å². The largest absolute Gasteiger partial charge is 0.379 e. The Morgan fingerprint density at radius 1 is 1.45 bits per heavy atom. The van der Waals surface area contributed by atoms with Crippen LogP contribution in [-0.2, 0) is 0 Å². The lowest BCUT2D eigenvalue weighted by molar-refractivity contribution is 0.239. The van der Waals surface area contributed by atoms with E-state index >= 15 is 0 Å². The topological polar surface area (TPSA) is 20.2 Å². The number of hydrogen-bond acceptors (Lipinski definition) is 1. The highest BCUT2D eigenvalue weighted by Gasteiger charge is 2.08. The second-order valence-electron chi connectivity index (χ2n) is 3.44. The van der Waals surface area contributed by atoms with Crippen LogP contribution in [0, 0.1) is 23.8 Å². The smallest absolute Gasteiger partial charge is 0.129 e. The average Bonchev–Trinajstić information content (AvgIpc) is 1.83. The number of aliphatic hydroxyl groups is 1. The Bertz CT molecular complexity index is 208. The van der Waals surface area contributed by atoms with Gasteiger partial charge in [-0.3, -0.25) is 0 Å². The van der Waals surface area contributed by atoms with E-state index in [0.717, 1.165) is 0 Å². The minimum Gasteiger partial charge on any atom is -0.379 e. The number of terminal acetylenes is 1. The molecule has 0 fully saturated rings. The van der Waals surface area contributed by atoms with Gasteiger partial charge < -0.3 is 5.11 Å². The summed E-state index contributed by atoms with van der Waals surface area (Å²) in [6, 6.07) is 0. The van der Waals surface area contributed by atoms with Crippen molar-refractivity contribution in [3.8, 4) is 23.8 Å². The van der Waals surface area contributed by atoms with Crippen LogP contribution in [0.25, 0.3) is 0 Å². The molecule has 2 heteroatoms. The Morgan fingerprint density at radius 2 is 2.00 bits per heavy atom. The van der Waals surface area contributed by atoms with Gasteiger partial charge in [0.15, 0.2) is 0 Å². The molecule has 0 saturated heterocycles. The second-order valence-corrected chi connectivity index (χ2v) is 8.19. The van der Waals surface area contributed by atoms with Gasteiger partial charge in [0, 0.05) is 6.42 Å². The molecule has 1 N–H and O–H groups in total. The summed E-state index contributed by atoms with van der Waals surface area (Å²) in [4.78, 5) is 0. The molecule has 0 radical (unpaired) electrons. The van der Waals surface area contributed by atoms with E-state index in [9.17, 15) is 0 Å². The van der Waals surface area contributed by atoms with E-state index in [-0.39, 0.29) is 0 Å². The number of aliphatic hydroxyl groups excluding tert-OH is 1. The standard InChI is InChI=1S/C9H14OSi/c1-5-6-9(10)7-8-11(2,3)4/h1,9-10H,6H2,2-4H3/t9-/m0/s1. The van der Waals surface area contributed by atoms with Crippen LogP contribution in [0.2, 0.25) is 19.6 Å². The first-order chi connectivity index (χ1) is 4.95. The Balaban J connectivity index is 3.99. The van der Waals surface area contributed by atoms with Crippen LogP contribution in [0.3, 0.4) is 0 Å². The Morgan fingerprint density at radius 3 is 2.36 bits per heavy atom. The van der Waals surface area contributed by atoms with Crippen LogP contribution in [0.15, 0.2) is 0 Å². The molecule has 60 valence electrons. The number of rotatable bonds is 1. The van der Waals surface area contributed by atoms with E-state index < -0.39 is 14.2 Å². The highest BCUT2D eigenvalue weighted by Crippen LogP contribution is 1.97. The van der Waals surface area contributed by atoms with Crippen LogP contribution in [0.1, 0.15) is 6.42 Å². The first-order valence-electron chi connectivity index (χ1n) is 3.60. The van der Waals surface area contributed by atoms with Crippen LogP contribution in [0.5, 0.6) is 0 Å².